The molecule has 0 saturated heterocycles. The van der Waals surface area contributed by atoms with Crippen molar-refractivity contribution in [1.82, 2.24) is 0 Å². The van der Waals surface area contributed by atoms with Crippen LogP contribution in [-0.4, -0.2) is 23.2 Å². The van der Waals surface area contributed by atoms with Crippen molar-refractivity contribution in [2.75, 3.05) is 18.1 Å². The number of hydrogen-bond acceptors (Lipinski definition) is 3. The van der Waals surface area contributed by atoms with Gasteiger partial charge in [-0.1, -0.05) is 18.5 Å². The first-order valence-electron chi connectivity index (χ1n) is 5.37. The van der Waals surface area contributed by atoms with Crippen LogP contribution in [0.3, 0.4) is 0 Å². The Balaban J connectivity index is 2.41. The molecule has 0 heterocycles. The monoisotopic (exact) mass is 260 g/mol. The van der Waals surface area contributed by atoms with Crippen LogP contribution in [0.2, 0.25) is 5.02 Å². The van der Waals surface area contributed by atoms with E-state index in [-0.39, 0.29) is 6.61 Å². The van der Waals surface area contributed by atoms with Crippen molar-refractivity contribution in [1.29, 1.82) is 0 Å². The molecule has 1 N–H and O–H groups in total. The zero-order chi connectivity index (χ0) is 11.8. The Morgan fingerprint density at radius 1 is 1.44 bits per heavy atom. The Hall–Kier alpha value is -0.380. The van der Waals surface area contributed by atoms with Gasteiger partial charge in [0.2, 0.25) is 0 Å². The van der Waals surface area contributed by atoms with Gasteiger partial charge in [-0.2, -0.15) is 11.8 Å². The number of aliphatic hydroxyl groups excluding tert-OH is 1. The quantitative estimate of drug-likeness (QED) is 0.763. The van der Waals surface area contributed by atoms with E-state index in [1.54, 1.807) is 18.2 Å². The van der Waals surface area contributed by atoms with Crippen LogP contribution in [0.15, 0.2) is 18.2 Å². The van der Waals surface area contributed by atoms with E-state index < -0.39 is 0 Å². The highest BCUT2D eigenvalue weighted by Gasteiger charge is 2.03. The number of aliphatic hydroxyl groups is 1. The van der Waals surface area contributed by atoms with E-state index in [0.717, 1.165) is 29.2 Å². The van der Waals surface area contributed by atoms with Crippen molar-refractivity contribution in [2.45, 2.75) is 20.0 Å². The summed E-state index contributed by atoms with van der Waals surface area (Å²) in [5.41, 5.74) is 0.746. The average molecular weight is 261 g/mol. The smallest absolute Gasteiger partial charge is 0.124 e. The minimum Gasteiger partial charge on any atom is -0.493 e. The van der Waals surface area contributed by atoms with Crippen LogP contribution in [0.5, 0.6) is 5.75 Å². The van der Waals surface area contributed by atoms with Gasteiger partial charge in [-0.25, -0.2) is 0 Å². The van der Waals surface area contributed by atoms with E-state index in [4.69, 9.17) is 21.4 Å². The second-order valence-electron chi connectivity index (χ2n) is 3.31. The predicted molar refractivity (Wildman–Crippen MR) is 70.5 cm³/mol. The van der Waals surface area contributed by atoms with Gasteiger partial charge in [0.05, 0.1) is 13.2 Å². The van der Waals surface area contributed by atoms with Crippen molar-refractivity contribution in [2.24, 2.45) is 0 Å². The van der Waals surface area contributed by atoms with Crippen LogP contribution in [0.4, 0.5) is 0 Å². The molecule has 0 amide bonds. The fourth-order valence-electron chi connectivity index (χ4n) is 1.30. The standard InChI is InChI=1S/C12H17ClO2S/c1-2-16-7-3-6-15-12-5-4-11(13)8-10(12)9-14/h4-5,8,14H,2-3,6-7,9H2,1H3. The van der Waals surface area contributed by atoms with E-state index in [1.807, 2.05) is 11.8 Å². The van der Waals surface area contributed by atoms with Gasteiger partial charge in [0.1, 0.15) is 5.75 Å². The fraction of sp³-hybridized carbons (Fsp3) is 0.500. The second kappa shape index (κ2) is 7.82. The molecule has 16 heavy (non-hydrogen) atoms. The highest BCUT2D eigenvalue weighted by atomic mass is 35.5. The number of thioether (sulfide) groups is 1. The van der Waals surface area contributed by atoms with Crippen molar-refractivity contribution >= 4 is 23.4 Å². The molecule has 4 heteroatoms. The van der Waals surface area contributed by atoms with E-state index in [0.29, 0.717) is 11.6 Å². The van der Waals surface area contributed by atoms with Gasteiger partial charge >= 0.3 is 0 Å². The van der Waals surface area contributed by atoms with E-state index >= 15 is 0 Å². The summed E-state index contributed by atoms with van der Waals surface area (Å²) in [6, 6.07) is 5.31. The third-order valence-corrected chi connectivity index (χ3v) is 3.31. The molecule has 0 bridgehead atoms. The Kier molecular flexibility index (Phi) is 6.69. The number of ether oxygens (including phenoxy) is 1. The summed E-state index contributed by atoms with van der Waals surface area (Å²) >= 11 is 7.73. The lowest BCUT2D eigenvalue weighted by atomic mass is 10.2. The minimum absolute atomic E-state index is 0.0421. The minimum atomic E-state index is -0.0421. The van der Waals surface area contributed by atoms with Gasteiger partial charge in [-0.3, -0.25) is 0 Å². The maximum Gasteiger partial charge on any atom is 0.124 e. The van der Waals surface area contributed by atoms with Crippen molar-refractivity contribution < 1.29 is 9.84 Å². The molecule has 0 saturated carbocycles. The molecule has 0 aliphatic carbocycles. The molecule has 0 aliphatic heterocycles. The molecule has 0 fully saturated rings. The average Bonchev–Trinajstić information content (AvgIpc) is 2.30. The molecule has 0 unspecified atom stereocenters. The lowest BCUT2D eigenvalue weighted by molar-refractivity contribution is 0.263. The van der Waals surface area contributed by atoms with Crippen LogP contribution in [0.25, 0.3) is 0 Å². The molecule has 0 aromatic heterocycles. The molecule has 1 aromatic carbocycles. The highest BCUT2D eigenvalue weighted by Crippen LogP contribution is 2.23. The summed E-state index contributed by atoms with van der Waals surface area (Å²) in [6.45, 7) is 2.79. The number of halogens is 1. The lowest BCUT2D eigenvalue weighted by Gasteiger charge is -2.10. The lowest BCUT2D eigenvalue weighted by Crippen LogP contribution is -2.01. The third kappa shape index (κ3) is 4.64. The fourth-order valence-corrected chi connectivity index (χ4v) is 2.11. The Morgan fingerprint density at radius 2 is 2.25 bits per heavy atom. The van der Waals surface area contributed by atoms with E-state index in [9.17, 15) is 0 Å². The molecule has 0 spiro atoms. The summed E-state index contributed by atoms with van der Waals surface area (Å²) in [4.78, 5) is 0. The summed E-state index contributed by atoms with van der Waals surface area (Å²) in [5.74, 6) is 2.98. The summed E-state index contributed by atoms with van der Waals surface area (Å²) in [5, 5.41) is 9.76. The first kappa shape index (κ1) is 13.7. The second-order valence-corrected chi connectivity index (χ2v) is 5.14. The molecule has 90 valence electrons. The predicted octanol–water partition coefficient (Wildman–Crippen LogP) is 3.35. The molecular weight excluding hydrogens is 244 g/mol. The maximum atomic E-state index is 9.14. The normalized spacial score (nSPS) is 10.4. The van der Waals surface area contributed by atoms with Crippen LogP contribution in [0.1, 0.15) is 18.9 Å². The van der Waals surface area contributed by atoms with Gasteiger partial charge in [-0.15, -0.1) is 0 Å². The first-order valence-corrected chi connectivity index (χ1v) is 6.91. The van der Waals surface area contributed by atoms with Crippen molar-refractivity contribution in [3.8, 4) is 5.75 Å². The van der Waals surface area contributed by atoms with Gasteiger partial charge in [0.25, 0.3) is 0 Å². The molecule has 1 aromatic rings. The number of rotatable bonds is 7. The molecular formula is C12H17ClO2S. The zero-order valence-corrected chi connectivity index (χ0v) is 11.0. The summed E-state index contributed by atoms with van der Waals surface area (Å²) in [6.07, 6.45) is 1.02. The molecule has 0 atom stereocenters. The first-order chi connectivity index (χ1) is 7.77. The van der Waals surface area contributed by atoms with Crippen LogP contribution in [-0.2, 0) is 6.61 Å². The zero-order valence-electron chi connectivity index (χ0n) is 9.41. The summed E-state index contributed by atoms with van der Waals surface area (Å²) in [7, 11) is 0. The van der Waals surface area contributed by atoms with Gasteiger partial charge in [-0.05, 0) is 36.1 Å². The van der Waals surface area contributed by atoms with E-state index in [1.165, 1.54) is 0 Å². The SMILES string of the molecule is CCSCCCOc1ccc(Cl)cc1CO. The Bertz CT molecular complexity index is 318. The molecule has 0 radical (unpaired) electrons. The van der Waals surface area contributed by atoms with Crippen LogP contribution < -0.4 is 4.74 Å². The van der Waals surface area contributed by atoms with E-state index in [2.05, 4.69) is 6.92 Å². The van der Waals surface area contributed by atoms with Crippen LogP contribution in [0, 0.1) is 0 Å². The van der Waals surface area contributed by atoms with Gasteiger partial charge < -0.3 is 9.84 Å². The van der Waals surface area contributed by atoms with Crippen molar-refractivity contribution in [3.63, 3.8) is 0 Å². The third-order valence-electron chi connectivity index (χ3n) is 2.09. The molecule has 2 nitrogen and oxygen atoms in total. The van der Waals surface area contributed by atoms with Gasteiger partial charge in [0.15, 0.2) is 0 Å². The van der Waals surface area contributed by atoms with Crippen molar-refractivity contribution in [3.05, 3.63) is 28.8 Å². The molecule has 0 aliphatic rings. The molecule has 1 rings (SSSR count). The van der Waals surface area contributed by atoms with Gasteiger partial charge in [0, 0.05) is 10.6 Å². The Morgan fingerprint density at radius 3 is 2.94 bits per heavy atom. The Labute approximate surface area is 106 Å². The summed E-state index contributed by atoms with van der Waals surface area (Å²) < 4.78 is 5.60. The largest absolute Gasteiger partial charge is 0.493 e. The number of hydrogen-bond donors (Lipinski definition) is 1. The highest BCUT2D eigenvalue weighted by molar-refractivity contribution is 7.99. The number of benzene rings is 1. The van der Waals surface area contributed by atoms with Crippen LogP contribution >= 0.6 is 23.4 Å². The topological polar surface area (TPSA) is 29.5 Å². The maximum absolute atomic E-state index is 9.14.